The Morgan fingerprint density at radius 2 is 2.00 bits per heavy atom. The van der Waals surface area contributed by atoms with Crippen molar-refractivity contribution in [3.63, 3.8) is 0 Å². The standard InChI is InChI=1S/C18H23NO2/c1-19-15-9-10-18(19,14-7-8-14)12-16(11-15)21-17(20)13-5-3-2-4-6-13/h2-6,14-16H,7-12H2,1H3. The zero-order valence-electron chi connectivity index (χ0n) is 12.6. The third-order valence-corrected chi connectivity index (χ3v) is 5.90. The van der Waals surface area contributed by atoms with Crippen LogP contribution in [0.3, 0.4) is 0 Å². The SMILES string of the molecule is CN1C2CCC1(C1CC1)CC(OC(=O)c1ccccc1)C2. The summed E-state index contributed by atoms with van der Waals surface area (Å²) in [5, 5.41) is 0. The lowest BCUT2D eigenvalue weighted by Crippen LogP contribution is -2.54. The van der Waals surface area contributed by atoms with E-state index in [1.165, 1.54) is 25.7 Å². The smallest absolute Gasteiger partial charge is 0.338 e. The van der Waals surface area contributed by atoms with E-state index < -0.39 is 0 Å². The van der Waals surface area contributed by atoms with Gasteiger partial charge in [-0.3, -0.25) is 4.90 Å². The van der Waals surface area contributed by atoms with Crippen molar-refractivity contribution in [2.45, 2.75) is 56.2 Å². The van der Waals surface area contributed by atoms with Crippen LogP contribution < -0.4 is 0 Å². The van der Waals surface area contributed by atoms with E-state index in [2.05, 4.69) is 11.9 Å². The van der Waals surface area contributed by atoms with Crippen LogP contribution in [0.2, 0.25) is 0 Å². The Labute approximate surface area is 126 Å². The van der Waals surface area contributed by atoms with Gasteiger partial charge in [0.25, 0.3) is 0 Å². The summed E-state index contributed by atoms with van der Waals surface area (Å²) in [7, 11) is 2.28. The molecule has 3 heteroatoms. The third-order valence-electron chi connectivity index (χ3n) is 5.90. The van der Waals surface area contributed by atoms with Crippen molar-refractivity contribution < 1.29 is 9.53 Å². The summed E-state index contributed by atoms with van der Waals surface area (Å²) in [6.07, 6.45) is 7.41. The van der Waals surface area contributed by atoms with Crippen molar-refractivity contribution in [3.8, 4) is 0 Å². The van der Waals surface area contributed by atoms with Crippen LogP contribution in [0.15, 0.2) is 30.3 Å². The van der Waals surface area contributed by atoms with Crippen molar-refractivity contribution in [3.05, 3.63) is 35.9 Å². The Hall–Kier alpha value is -1.35. The average molecular weight is 285 g/mol. The second-order valence-corrected chi connectivity index (χ2v) is 7.01. The van der Waals surface area contributed by atoms with Gasteiger partial charge in [0.2, 0.25) is 0 Å². The van der Waals surface area contributed by atoms with Crippen molar-refractivity contribution >= 4 is 5.97 Å². The lowest BCUT2D eigenvalue weighted by molar-refractivity contribution is -0.0351. The number of carbonyl (C=O) groups is 1. The minimum Gasteiger partial charge on any atom is -0.459 e. The molecule has 2 bridgehead atoms. The van der Waals surface area contributed by atoms with E-state index in [1.807, 2.05) is 30.3 Å². The van der Waals surface area contributed by atoms with Gasteiger partial charge in [0.05, 0.1) is 5.56 Å². The molecule has 0 radical (unpaired) electrons. The monoisotopic (exact) mass is 285 g/mol. The number of nitrogens with zero attached hydrogens (tertiary/aromatic N) is 1. The molecule has 3 unspecified atom stereocenters. The van der Waals surface area contributed by atoms with Crippen LogP contribution in [0.4, 0.5) is 0 Å². The van der Waals surface area contributed by atoms with Crippen LogP contribution >= 0.6 is 0 Å². The molecular weight excluding hydrogens is 262 g/mol. The molecule has 0 amide bonds. The average Bonchev–Trinajstić information content (AvgIpc) is 3.31. The van der Waals surface area contributed by atoms with Gasteiger partial charge >= 0.3 is 5.97 Å². The van der Waals surface area contributed by atoms with Gasteiger partial charge in [0.15, 0.2) is 0 Å². The van der Waals surface area contributed by atoms with Crippen LogP contribution in [0.5, 0.6) is 0 Å². The van der Waals surface area contributed by atoms with E-state index in [0.29, 0.717) is 17.1 Å². The van der Waals surface area contributed by atoms with Crippen molar-refractivity contribution in [2.75, 3.05) is 7.05 Å². The molecule has 3 atom stereocenters. The maximum absolute atomic E-state index is 12.3. The highest BCUT2D eigenvalue weighted by molar-refractivity contribution is 5.89. The van der Waals surface area contributed by atoms with E-state index in [9.17, 15) is 4.79 Å². The first-order valence-corrected chi connectivity index (χ1v) is 8.18. The third kappa shape index (κ3) is 2.18. The molecule has 3 fully saturated rings. The van der Waals surface area contributed by atoms with Gasteiger partial charge < -0.3 is 4.74 Å². The predicted molar refractivity (Wildman–Crippen MR) is 81.1 cm³/mol. The minimum atomic E-state index is -0.157. The fraction of sp³-hybridized carbons (Fsp3) is 0.611. The van der Waals surface area contributed by atoms with Crippen LogP contribution in [-0.4, -0.2) is 35.6 Å². The summed E-state index contributed by atoms with van der Waals surface area (Å²) >= 11 is 0. The number of piperidine rings is 1. The number of rotatable bonds is 3. The first-order valence-electron chi connectivity index (χ1n) is 8.18. The Bertz CT molecular complexity index is 539. The molecule has 0 N–H and O–H groups in total. The molecule has 0 aromatic heterocycles. The molecule has 3 nitrogen and oxygen atoms in total. The number of ether oxygens (including phenoxy) is 1. The van der Waals surface area contributed by atoms with E-state index in [4.69, 9.17) is 4.74 Å². The second kappa shape index (κ2) is 4.84. The number of esters is 1. The molecule has 112 valence electrons. The van der Waals surface area contributed by atoms with E-state index in [1.54, 1.807) is 0 Å². The molecule has 1 saturated carbocycles. The normalized spacial score (nSPS) is 35.7. The summed E-state index contributed by atoms with van der Waals surface area (Å²) in [6.45, 7) is 0. The first-order chi connectivity index (χ1) is 10.2. The zero-order chi connectivity index (χ0) is 14.4. The van der Waals surface area contributed by atoms with Crippen LogP contribution in [0.1, 0.15) is 48.9 Å². The maximum atomic E-state index is 12.3. The van der Waals surface area contributed by atoms with Crippen LogP contribution in [0, 0.1) is 5.92 Å². The van der Waals surface area contributed by atoms with E-state index in [-0.39, 0.29) is 12.1 Å². The molecule has 1 aromatic rings. The fourth-order valence-electron chi connectivity index (χ4n) is 4.62. The number of hydrogen-bond acceptors (Lipinski definition) is 3. The fourth-order valence-corrected chi connectivity index (χ4v) is 4.62. The lowest BCUT2D eigenvalue weighted by Gasteiger charge is -2.46. The van der Waals surface area contributed by atoms with E-state index >= 15 is 0 Å². The zero-order valence-corrected chi connectivity index (χ0v) is 12.6. The van der Waals surface area contributed by atoms with Crippen molar-refractivity contribution in [1.29, 1.82) is 0 Å². The Balaban J connectivity index is 1.49. The van der Waals surface area contributed by atoms with Crippen molar-refractivity contribution in [2.24, 2.45) is 5.92 Å². The Morgan fingerprint density at radius 3 is 2.71 bits per heavy atom. The highest BCUT2D eigenvalue weighted by atomic mass is 16.5. The van der Waals surface area contributed by atoms with Gasteiger partial charge in [-0.25, -0.2) is 4.79 Å². The Morgan fingerprint density at radius 1 is 1.24 bits per heavy atom. The van der Waals surface area contributed by atoms with Crippen LogP contribution in [-0.2, 0) is 4.74 Å². The van der Waals surface area contributed by atoms with Gasteiger partial charge in [0, 0.05) is 24.4 Å². The van der Waals surface area contributed by atoms with Crippen molar-refractivity contribution in [1.82, 2.24) is 4.90 Å². The number of hydrogen-bond donors (Lipinski definition) is 0. The molecule has 2 aliphatic heterocycles. The van der Waals surface area contributed by atoms with Gasteiger partial charge in [-0.2, -0.15) is 0 Å². The summed E-state index contributed by atoms with van der Waals surface area (Å²) in [6, 6.07) is 9.98. The maximum Gasteiger partial charge on any atom is 0.338 e. The van der Waals surface area contributed by atoms with Crippen LogP contribution in [0.25, 0.3) is 0 Å². The molecule has 2 saturated heterocycles. The largest absolute Gasteiger partial charge is 0.459 e. The first kappa shape index (κ1) is 13.3. The number of carbonyl (C=O) groups excluding carboxylic acids is 1. The number of benzene rings is 1. The minimum absolute atomic E-state index is 0.0991. The molecular formula is C18H23NO2. The molecule has 1 aliphatic carbocycles. The van der Waals surface area contributed by atoms with Gasteiger partial charge in [-0.15, -0.1) is 0 Å². The summed E-state index contributed by atoms with van der Waals surface area (Å²) in [5.74, 6) is 0.682. The lowest BCUT2D eigenvalue weighted by atomic mass is 9.82. The molecule has 21 heavy (non-hydrogen) atoms. The quantitative estimate of drug-likeness (QED) is 0.798. The molecule has 0 spiro atoms. The Kier molecular flexibility index (Phi) is 3.07. The number of fused-ring (bicyclic) bond motifs is 2. The summed E-state index contributed by atoms with van der Waals surface area (Å²) in [4.78, 5) is 14.9. The molecule has 2 heterocycles. The summed E-state index contributed by atoms with van der Waals surface area (Å²) < 4.78 is 5.84. The van der Waals surface area contributed by atoms with E-state index in [0.717, 1.165) is 18.8 Å². The predicted octanol–water partition coefficient (Wildman–Crippen LogP) is 3.25. The molecule has 3 aliphatic rings. The van der Waals surface area contributed by atoms with Gasteiger partial charge in [-0.05, 0) is 50.8 Å². The molecule has 1 aromatic carbocycles. The van der Waals surface area contributed by atoms with Gasteiger partial charge in [-0.1, -0.05) is 18.2 Å². The summed E-state index contributed by atoms with van der Waals surface area (Å²) in [5.41, 5.74) is 0.995. The highest BCUT2D eigenvalue weighted by Crippen LogP contribution is 2.55. The van der Waals surface area contributed by atoms with Gasteiger partial charge in [0.1, 0.15) is 6.10 Å². The molecule has 4 rings (SSSR count). The highest BCUT2D eigenvalue weighted by Gasteiger charge is 2.57. The second-order valence-electron chi connectivity index (χ2n) is 7.01. The topological polar surface area (TPSA) is 29.5 Å².